The summed E-state index contributed by atoms with van der Waals surface area (Å²) in [7, 11) is 3.16. The lowest BCUT2D eigenvalue weighted by Crippen LogP contribution is -2.48. The Labute approximate surface area is 112 Å². The zero-order valence-electron chi connectivity index (χ0n) is 11.1. The van der Waals surface area contributed by atoms with Gasteiger partial charge in [-0.3, -0.25) is 10.1 Å². The van der Waals surface area contributed by atoms with E-state index < -0.39 is 18.0 Å². The molecular weight excluding hydrogens is 244 g/mol. The van der Waals surface area contributed by atoms with Crippen LogP contribution in [0.3, 0.4) is 0 Å². The number of amides is 3. The van der Waals surface area contributed by atoms with Crippen molar-refractivity contribution in [3.63, 3.8) is 0 Å². The SMILES string of the molecule is CNC(=O)NC(=O)C(C)N(C)c1cccc(C#N)c1. The Morgan fingerprint density at radius 3 is 2.68 bits per heavy atom. The number of urea groups is 1. The van der Waals surface area contributed by atoms with Crippen molar-refractivity contribution < 1.29 is 9.59 Å². The first-order valence-corrected chi connectivity index (χ1v) is 5.75. The summed E-state index contributed by atoms with van der Waals surface area (Å²) >= 11 is 0. The summed E-state index contributed by atoms with van der Waals surface area (Å²) in [6.07, 6.45) is 0. The van der Waals surface area contributed by atoms with E-state index in [9.17, 15) is 9.59 Å². The van der Waals surface area contributed by atoms with Crippen LogP contribution in [0, 0.1) is 11.3 Å². The van der Waals surface area contributed by atoms with E-state index in [0.29, 0.717) is 5.56 Å². The Balaban J connectivity index is 2.81. The van der Waals surface area contributed by atoms with Crippen molar-refractivity contribution in [1.29, 1.82) is 5.26 Å². The summed E-state index contributed by atoms with van der Waals surface area (Å²) in [5, 5.41) is 13.4. The van der Waals surface area contributed by atoms with Crippen molar-refractivity contribution >= 4 is 17.6 Å². The molecule has 1 rings (SSSR count). The highest BCUT2D eigenvalue weighted by Crippen LogP contribution is 2.16. The lowest BCUT2D eigenvalue weighted by atomic mass is 10.1. The fourth-order valence-electron chi connectivity index (χ4n) is 1.47. The van der Waals surface area contributed by atoms with Crippen LogP contribution in [0.15, 0.2) is 24.3 Å². The number of nitrogens with one attached hydrogen (secondary N) is 2. The van der Waals surface area contributed by atoms with E-state index in [1.54, 1.807) is 43.1 Å². The van der Waals surface area contributed by atoms with Crippen molar-refractivity contribution in [2.75, 3.05) is 19.0 Å². The molecule has 1 aromatic rings. The van der Waals surface area contributed by atoms with Gasteiger partial charge < -0.3 is 10.2 Å². The molecule has 0 heterocycles. The molecule has 3 amide bonds. The van der Waals surface area contributed by atoms with Gasteiger partial charge in [0.2, 0.25) is 5.91 Å². The number of nitriles is 1. The molecule has 0 saturated heterocycles. The van der Waals surface area contributed by atoms with E-state index in [0.717, 1.165) is 5.69 Å². The minimum atomic E-state index is -0.545. The standard InChI is InChI=1S/C13H16N4O2/c1-9(12(18)16-13(19)15-2)17(3)11-6-4-5-10(7-11)8-14/h4-7,9H,1-3H3,(H2,15,16,18,19). The number of carbonyl (C=O) groups is 2. The van der Waals surface area contributed by atoms with E-state index in [1.165, 1.54) is 7.05 Å². The second kappa shape index (κ2) is 6.40. The summed E-state index contributed by atoms with van der Waals surface area (Å²) in [6.45, 7) is 1.68. The van der Waals surface area contributed by atoms with Crippen LogP contribution < -0.4 is 15.5 Å². The Hall–Kier alpha value is -2.55. The number of hydrogen-bond donors (Lipinski definition) is 2. The highest BCUT2D eigenvalue weighted by Gasteiger charge is 2.20. The maximum Gasteiger partial charge on any atom is 0.321 e. The Morgan fingerprint density at radius 1 is 1.42 bits per heavy atom. The number of benzene rings is 1. The molecule has 0 aliphatic carbocycles. The van der Waals surface area contributed by atoms with Crippen molar-refractivity contribution in [1.82, 2.24) is 10.6 Å². The molecule has 1 atom stereocenters. The first-order chi connectivity index (χ1) is 8.99. The number of anilines is 1. The second-order valence-electron chi connectivity index (χ2n) is 4.02. The summed E-state index contributed by atoms with van der Waals surface area (Å²) in [6, 6.07) is 7.87. The van der Waals surface area contributed by atoms with Crippen LogP contribution in [0.1, 0.15) is 12.5 Å². The number of hydrogen-bond acceptors (Lipinski definition) is 4. The third-order valence-electron chi connectivity index (χ3n) is 2.81. The summed E-state index contributed by atoms with van der Waals surface area (Å²) < 4.78 is 0. The van der Waals surface area contributed by atoms with E-state index >= 15 is 0 Å². The van der Waals surface area contributed by atoms with Gasteiger partial charge in [0.25, 0.3) is 0 Å². The normalized spacial score (nSPS) is 11.1. The Bertz CT molecular complexity index is 522. The third kappa shape index (κ3) is 3.71. The van der Waals surface area contributed by atoms with Crippen molar-refractivity contribution in [2.24, 2.45) is 0 Å². The molecule has 0 aliphatic rings. The topological polar surface area (TPSA) is 85.2 Å². The molecule has 6 heteroatoms. The van der Waals surface area contributed by atoms with Crippen LogP contribution >= 0.6 is 0 Å². The van der Waals surface area contributed by atoms with Gasteiger partial charge in [-0.15, -0.1) is 0 Å². The zero-order valence-corrected chi connectivity index (χ0v) is 11.1. The summed E-state index contributed by atoms with van der Waals surface area (Å²) in [5.41, 5.74) is 1.25. The Morgan fingerprint density at radius 2 is 2.11 bits per heavy atom. The fourth-order valence-corrected chi connectivity index (χ4v) is 1.47. The number of nitrogens with zero attached hydrogens (tertiary/aromatic N) is 2. The minimum absolute atomic E-state index is 0.413. The van der Waals surface area contributed by atoms with Gasteiger partial charge in [0.1, 0.15) is 6.04 Å². The van der Waals surface area contributed by atoms with Crippen LogP contribution in [-0.4, -0.2) is 32.1 Å². The molecule has 1 aromatic carbocycles. The van der Waals surface area contributed by atoms with Crippen LogP contribution in [0.4, 0.5) is 10.5 Å². The average Bonchev–Trinajstić information content (AvgIpc) is 2.45. The van der Waals surface area contributed by atoms with Crippen LogP contribution in [0.5, 0.6) is 0 Å². The number of imide groups is 1. The molecule has 100 valence electrons. The molecule has 0 saturated carbocycles. The molecule has 0 spiro atoms. The second-order valence-corrected chi connectivity index (χ2v) is 4.02. The van der Waals surface area contributed by atoms with Crippen molar-refractivity contribution in [3.8, 4) is 6.07 Å². The van der Waals surface area contributed by atoms with Gasteiger partial charge >= 0.3 is 6.03 Å². The quantitative estimate of drug-likeness (QED) is 0.843. The molecule has 0 aromatic heterocycles. The predicted octanol–water partition coefficient (Wildman–Crippen LogP) is 0.839. The van der Waals surface area contributed by atoms with Crippen LogP contribution in [-0.2, 0) is 4.79 Å². The summed E-state index contributed by atoms with van der Waals surface area (Å²) in [5.74, 6) is -0.413. The smallest absolute Gasteiger partial charge is 0.321 e. The van der Waals surface area contributed by atoms with Crippen LogP contribution in [0.2, 0.25) is 0 Å². The molecule has 0 radical (unpaired) electrons. The molecule has 1 unspecified atom stereocenters. The van der Waals surface area contributed by atoms with Gasteiger partial charge in [-0.25, -0.2) is 4.79 Å². The third-order valence-corrected chi connectivity index (χ3v) is 2.81. The predicted molar refractivity (Wildman–Crippen MR) is 71.6 cm³/mol. The van der Waals surface area contributed by atoms with E-state index in [2.05, 4.69) is 10.6 Å². The molecular formula is C13H16N4O2. The van der Waals surface area contributed by atoms with E-state index in [1.807, 2.05) is 6.07 Å². The zero-order chi connectivity index (χ0) is 14.4. The van der Waals surface area contributed by atoms with Gasteiger partial charge in [0.05, 0.1) is 11.6 Å². The molecule has 6 nitrogen and oxygen atoms in total. The van der Waals surface area contributed by atoms with Gasteiger partial charge in [-0.2, -0.15) is 5.26 Å². The van der Waals surface area contributed by atoms with Crippen LogP contribution in [0.25, 0.3) is 0 Å². The highest BCUT2D eigenvalue weighted by atomic mass is 16.2. The molecule has 0 bridgehead atoms. The van der Waals surface area contributed by atoms with Gasteiger partial charge in [0, 0.05) is 19.8 Å². The molecule has 0 fully saturated rings. The molecule has 19 heavy (non-hydrogen) atoms. The maximum absolute atomic E-state index is 11.8. The number of rotatable bonds is 3. The van der Waals surface area contributed by atoms with E-state index in [4.69, 9.17) is 5.26 Å². The number of likely N-dealkylation sites (N-methyl/N-ethyl adjacent to an activating group) is 1. The molecule has 0 aliphatic heterocycles. The lowest BCUT2D eigenvalue weighted by Gasteiger charge is -2.25. The monoisotopic (exact) mass is 260 g/mol. The lowest BCUT2D eigenvalue weighted by molar-refractivity contribution is -0.120. The number of carbonyl (C=O) groups excluding carboxylic acids is 2. The van der Waals surface area contributed by atoms with Crippen molar-refractivity contribution in [2.45, 2.75) is 13.0 Å². The molecule has 2 N–H and O–H groups in total. The van der Waals surface area contributed by atoms with Gasteiger partial charge in [0.15, 0.2) is 0 Å². The minimum Gasteiger partial charge on any atom is -0.363 e. The fraction of sp³-hybridized carbons (Fsp3) is 0.308. The summed E-state index contributed by atoms with van der Waals surface area (Å²) in [4.78, 5) is 24.6. The first-order valence-electron chi connectivity index (χ1n) is 5.75. The average molecular weight is 260 g/mol. The van der Waals surface area contributed by atoms with Gasteiger partial charge in [-0.1, -0.05) is 6.07 Å². The van der Waals surface area contributed by atoms with Gasteiger partial charge in [-0.05, 0) is 25.1 Å². The van der Waals surface area contributed by atoms with Crippen molar-refractivity contribution in [3.05, 3.63) is 29.8 Å². The van der Waals surface area contributed by atoms with E-state index in [-0.39, 0.29) is 0 Å². The first kappa shape index (κ1) is 14.5. The Kier molecular flexibility index (Phi) is 4.89. The maximum atomic E-state index is 11.8. The largest absolute Gasteiger partial charge is 0.363 e. The highest BCUT2D eigenvalue weighted by molar-refractivity contribution is 5.98.